The minimum Gasteiger partial charge on any atom is -0.489 e. The lowest BCUT2D eigenvalue weighted by molar-refractivity contribution is -0.137. The summed E-state index contributed by atoms with van der Waals surface area (Å²) in [5.41, 5.74) is 3.10. The fourth-order valence-corrected chi connectivity index (χ4v) is 4.51. The first-order valence-corrected chi connectivity index (χ1v) is 12.6. The van der Waals surface area contributed by atoms with Crippen molar-refractivity contribution < 1.29 is 22.7 Å². The minimum atomic E-state index is -4.53. The predicted molar refractivity (Wildman–Crippen MR) is 145 cm³/mol. The molecule has 0 bridgehead atoms. The summed E-state index contributed by atoms with van der Waals surface area (Å²) in [4.78, 5) is 18.3. The van der Waals surface area contributed by atoms with Gasteiger partial charge in [0.15, 0.2) is 0 Å². The molecule has 0 saturated carbocycles. The lowest BCUT2D eigenvalue weighted by Crippen LogP contribution is -2.32. The first-order chi connectivity index (χ1) is 18.9. The Labute approximate surface area is 224 Å². The number of alkyl halides is 3. The maximum absolute atomic E-state index is 13.5. The summed E-state index contributed by atoms with van der Waals surface area (Å²) < 4.78 is 45.9. The van der Waals surface area contributed by atoms with Gasteiger partial charge in [-0.05, 0) is 59.5 Å². The normalized spacial score (nSPS) is 11.5. The van der Waals surface area contributed by atoms with Gasteiger partial charge in [0.1, 0.15) is 12.4 Å². The van der Waals surface area contributed by atoms with E-state index in [1.807, 2.05) is 85.1 Å². The van der Waals surface area contributed by atoms with Gasteiger partial charge in [-0.15, -0.1) is 0 Å². The van der Waals surface area contributed by atoms with Crippen molar-refractivity contribution in [2.75, 3.05) is 6.54 Å². The Kier molecular flexibility index (Phi) is 7.68. The van der Waals surface area contributed by atoms with Crippen molar-refractivity contribution in [3.63, 3.8) is 0 Å². The summed E-state index contributed by atoms with van der Waals surface area (Å²) in [5.74, 6) is 0.238. The number of benzene rings is 4. The molecule has 1 aromatic heterocycles. The molecule has 5 rings (SSSR count). The highest BCUT2D eigenvalue weighted by molar-refractivity contribution is 5.94. The number of carbonyl (C=O) groups is 1. The van der Waals surface area contributed by atoms with Gasteiger partial charge in [0.05, 0.1) is 5.56 Å². The zero-order valence-corrected chi connectivity index (χ0v) is 21.1. The second-order valence-electron chi connectivity index (χ2n) is 9.33. The van der Waals surface area contributed by atoms with Crippen LogP contribution in [0.25, 0.3) is 10.9 Å². The van der Waals surface area contributed by atoms with Crippen LogP contribution in [-0.2, 0) is 25.7 Å². The highest BCUT2D eigenvalue weighted by atomic mass is 19.4. The van der Waals surface area contributed by atoms with Gasteiger partial charge in [-0.2, -0.15) is 13.2 Å². The summed E-state index contributed by atoms with van der Waals surface area (Å²) in [7, 11) is 0. The molecule has 1 N–H and O–H groups in total. The third-order valence-electron chi connectivity index (χ3n) is 6.60. The number of carbonyl (C=O) groups excluding carboxylic acids is 1. The maximum atomic E-state index is 13.5. The SMILES string of the molecule is O=C(c1cccc(C(F)(F)F)c1)N(CCc1c[nH]c2ccccc12)Cc1ccc(OCc2ccccc2)cc1. The van der Waals surface area contributed by atoms with Gasteiger partial charge in [0.2, 0.25) is 0 Å². The van der Waals surface area contributed by atoms with Crippen LogP contribution in [-0.4, -0.2) is 22.3 Å². The van der Waals surface area contributed by atoms with E-state index >= 15 is 0 Å². The molecule has 5 aromatic rings. The number of rotatable bonds is 9. The van der Waals surface area contributed by atoms with Crippen LogP contribution in [0.5, 0.6) is 5.75 Å². The third kappa shape index (κ3) is 6.49. The van der Waals surface area contributed by atoms with Crippen LogP contribution in [0.15, 0.2) is 109 Å². The quantitative estimate of drug-likeness (QED) is 0.214. The van der Waals surface area contributed by atoms with E-state index in [4.69, 9.17) is 4.74 Å². The van der Waals surface area contributed by atoms with Gasteiger partial charge < -0.3 is 14.6 Å². The molecule has 198 valence electrons. The van der Waals surface area contributed by atoms with Crippen LogP contribution in [0.3, 0.4) is 0 Å². The van der Waals surface area contributed by atoms with Gasteiger partial charge in [0.25, 0.3) is 5.91 Å². The summed E-state index contributed by atoms with van der Waals surface area (Å²) in [5, 5.41) is 1.06. The van der Waals surface area contributed by atoms with Crippen LogP contribution in [0, 0.1) is 0 Å². The number of H-pyrrole nitrogens is 1. The van der Waals surface area contributed by atoms with Crippen LogP contribution in [0.2, 0.25) is 0 Å². The number of aromatic amines is 1. The molecule has 4 aromatic carbocycles. The van der Waals surface area contributed by atoms with E-state index in [1.165, 1.54) is 12.1 Å². The molecule has 4 nitrogen and oxygen atoms in total. The number of hydrogen-bond acceptors (Lipinski definition) is 2. The Bertz CT molecular complexity index is 1540. The molecule has 0 aliphatic heterocycles. The lowest BCUT2D eigenvalue weighted by Gasteiger charge is -2.24. The van der Waals surface area contributed by atoms with Crippen LogP contribution >= 0.6 is 0 Å². The van der Waals surface area contributed by atoms with Gasteiger partial charge in [-0.25, -0.2) is 0 Å². The average molecular weight is 529 g/mol. The summed E-state index contributed by atoms with van der Waals surface area (Å²) in [6, 6.07) is 29.7. The third-order valence-corrected chi connectivity index (χ3v) is 6.60. The van der Waals surface area contributed by atoms with Crippen molar-refractivity contribution in [3.8, 4) is 5.75 Å². The van der Waals surface area contributed by atoms with E-state index in [1.54, 1.807) is 4.90 Å². The number of fused-ring (bicyclic) bond motifs is 1. The molecule has 0 unspecified atom stereocenters. The highest BCUT2D eigenvalue weighted by Gasteiger charge is 2.31. The second-order valence-corrected chi connectivity index (χ2v) is 9.33. The fraction of sp³-hybridized carbons (Fsp3) is 0.156. The monoisotopic (exact) mass is 528 g/mol. The van der Waals surface area contributed by atoms with E-state index in [2.05, 4.69) is 4.98 Å². The molecular formula is C32H27F3N2O2. The second kappa shape index (κ2) is 11.5. The van der Waals surface area contributed by atoms with Crippen molar-refractivity contribution in [1.82, 2.24) is 9.88 Å². The molecule has 0 spiro atoms. The number of nitrogens with zero attached hydrogens (tertiary/aromatic N) is 1. The number of ether oxygens (including phenoxy) is 1. The molecular weight excluding hydrogens is 501 g/mol. The number of halogens is 3. The van der Waals surface area contributed by atoms with E-state index in [-0.39, 0.29) is 12.1 Å². The molecule has 0 radical (unpaired) electrons. The van der Waals surface area contributed by atoms with Gasteiger partial charge in [-0.1, -0.05) is 66.7 Å². The molecule has 1 heterocycles. The summed E-state index contributed by atoms with van der Waals surface area (Å²) in [6.45, 7) is 1.02. The number of para-hydroxylation sites is 1. The Morgan fingerprint density at radius 3 is 2.33 bits per heavy atom. The van der Waals surface area contributed by atoms with Crippen LogP contribution in [0.1, 0.15) is 32.6 Å². The molecule has 0 saturated heterocycles. The molecule has 0 atom stereocenters. The molecule has 39 heavy (non-hydrogen) atoms. The summed E-state index contributed by atoms with van der Waals surface area (Å²) in [6.07, 6.45) is -2.07. The van der Waals surface area contributed by atoms with Gasteiger partial charge >= 0.3 is 6.18 Å². The first-order valence-electron chi connectivity index (χ1n) is 12.6. The Balaban J connectivity index is 1.34. The molecule has 1 amide bonds. The fourth-order valence-electron chi connectivity index (χ4n) is 4.51. The number of nitrogens with one attached hydrogen (secondary N) is 1. The summed E-state index contributed by atoms with van der Waals surface area (Å²) >= 11 is 0. The molecule has 0 aliphatic carbocycles. The van der Waals surface area contributed by atoms with Gasteiger partial charge in [0, 0.05) is 35.8 Å². The van der Waals surface area contributed by atoms with E-state index in [9.17, 15) is 18.0 Å². The number of aromatic nitrogens is 1. The Hall–Kier alpha value is -4.52. The maximum Gasteiger partial charge on any atom is 0.416 e. The van der Waals surface area contributed by atoms with Gasteiger partial charge in [-0.3, -0.25) is 4.79 Å². The topological polar surface area (TPSA) is 45.3 Å². The van der Waals surface area contributed by atoms with Crippen molar-refractivity contribution in [3.05, 3.63) is 137 Å². The minimum absolute atomic E-state index is 0.00608. The Morgan fingerprint density at radius 2 is 1.56 bits per heavy atom. The zero-order chi connectivity index (χ0) is 27.2. The highest BCUT2D eigenvalue weighted by Crippen LogP contribution is 2.30. The first kappa shape index (κ1) is 26.1. The van der Waals surface area contributed by atoms with E-state index in [0.717, 1.165) is 39.7 Å². The van der Waals surface area contributed by atoms with Crippen molar-refractivity contribution >= 4 is 16.8 Å². The molecule has 7 heteroatoms. The van der Waals surface area contributed by atoms with Crippen LogP contribution < -0.4 is 4.74 Å². The standard InChI is InChI=1S/C32H27F3N2O2/c33-32(34,35)27-10-6-9-25(19-27)31(38)37(18-17-26-20-36-30-12-5-4-11-29(26)30)21-23-13-15-28(16-14-23)39-22-24-7-2-1-3-8-24/h1-16,19-20,36H,17-18,21-22H2. The number of hydrogen-bond donors (Lipinski definition) is 1. The van der Waals surface area contributed by atoms with E-state index in [0.29, 0.717) is 25.3 Å². The Morgan fingerprint density at radius 1 is 0.821 bits per heavy atom. The largest absolute Gasteiger partial charge is 0.489 e. The average Bonchev–Trinajstić information content (AvgIpc) is 3.38. The zero-order valence-electron chi connectivity index (χ0n) is 21.1. The van der Waals surface area contributed by atoms with Crippen LogP contribution in [0.4, 0.5) is 13.2 Å². The smallest absolute Gasteiger partial charge is 0.416 e. The van der Waals surface area contributed by atoms with Crippen molar-refractivity contribution in [1.29, 1.82) is 0 Å². The van der Waals surface area contributed by atoms with E-state index < -0.39 is 17.6 Å². The van der Waals surface area contributed by atoms with Crippen molar-refractivity contribution in [2.45, 2.75) is 25.7 Å². The van der Waals surface area contributed by atoms with Crippen molar-refractivity contribution in [2.24, 2.45) is 0 Å². The molecule has 0 aliphatic rings. The molecule has 0 fully saturated rings. The number of amides is 1. The lowest BCUT2D eigenvalue weighted by atomic mass is 10.1. The predicted octanol–water partition coefficient (Wildman–Crippen LogP) is 7.65.